The molecule has 3 aromatic carbocycles. The number of amidine groups is 1. The highest BCUT2D eigenvalue weighted by Gasteiger charge is 2.28. The first kappa shape index (κ1) is 22.6. The van der Waals surface area contributed by atoms with Crippen LogP contribution in [-0.2, 0) is 11.4 Å². The molecular weight excluding hydrogens is 466 g/mol. The van der Waals surface area contributed by atoms with E-state index < -0.39 is 0 Å². The first-order valence-electron chi connectivity index (χ1n) is 11.2. The third-order valence-corrected chi connectivity index (χ3v) is 7.05. The van der Waals surface area contributed by atoms with Crippen LogP contribution in [0.4, 0.5) is 5.69 Å². The summed E-state index contributed by atoms with van der Waals surface area (Å²) in [7, 11) is 0. The Hall–Kier alpha value is -3.22. The molecule has 0 radical (unpaired) electrons. The first-order chi connectivity index (χ1) is 16.6. The van der Waals surface area contributed by atoms with Gasteiger partial charge in [0.1, 0.15) is 12.4 Å². The highest BCUT2D eigenvalue weighted by Crippen LogP contribution is 2.31. The Balaban J connectivity index is 1.19. The van der Waals surface area contributed by atoms with Crippen molar-refractivity contribution in [3.05, 3.63) is 99.9 Å². The van der Waals surface area contributed by atoms with Crippen LogP contribution in [0.3, 0.4) is 0 Å². The van der Waals surface area contributed by atoms with Crippen LogP contribution in [-0.4, -0.2) is 42.2 Å². The number of piperazine rings is 1. The Morgan fingerprint density at radius 3 is 2.41 bits per heavy atom. The van der Waals surface area contributed by atoms with Crippen molar-refractivity contribution in [2.75, 3.05) is 31.1 Å². The summed E-state index contributed by atoms with van der Waals surface area (Å²) in [6.07, 6.45) is 1.89. The van der Waals surface area contributed by atoms with Gasteiger partial charge in [-0.3, -0.25) is 4.79 Å². The number of anilines is 1. The Bertz CT molecular complexity index is 1220. The van der Waals surface area contributed by atoms with Crippen LogP contribution in [0.1, 0.15) is 11.1 Å². The standard InChI is InChI=1S/C27H24ClN3O2S/c28-22-11-9-20(10-12-22)19-33-24-8-4-5-21(17-24)18-25-26(32)29-27(34-25)31-15-13-30(14-16-31)23-6-2-1-3-7-23/h1-12,17-18H,13-16,19H2/b25-18-. The van der Waals surface area contributed by atoms with Crippen LogP contribution in [0, 0.1) is 0 Å². The molecule has 0 aliphatic carbocycles. The van der Waals surface area contributed by atoms with E-state index >= 15 is 0 Å². The summed E-state index contributed by atoms with van der Waals surface area (Å²) in [5.41, 5.74) is 3.19. The number of halogens is 1. The smallest absolute Gasteiger partial charge is 0.286 e. The van der Waals surface area contributed by atoms with Crippen molar-refractivity contribution >= 4 is 46.2 Å². The summed E-state index contributed by atoms with van der Waals surface area (Å²) < 4.78 is 5.92. The molecule has 0 spiro atoms. The molecule has 2 heterocycles. The van der Waals surface area contributed by atoms with Crippen molar-refractivity contribution in [1.82, 2.24) is 4.90 Å². The van der Waals surface area contributed by atoms with Gasteiger partial charge in [-0.1, -0.05) is 54.1 Å². The van der Waals surface area contributed by atoms with Crippen LogP contribution < -0.4 is 9.64 Å². The second kappa shape index (κ2) is 10.4. The summed E-state index contributed by atoms with van der Waals surface area (Å²) in [6, 6.07) is 25.8. The van der Waals surface area contributed by atoms with Crippen LogP contribution in [0.15, 0.2) is 88.8 Å². The Morgan fingerprint density at radius 1 is 0.912 bits per heavy atom. The van der Waals surface area contributed by atoms with Gasteiger partial charge in [0.25, 0.3) is 5.91 Å². The Labute approximate surface area is 208 Å². The van der Waals surface area contributed by atoms with Crippen molar-refractivity contribution in [3.8, 4) is 5.75 Å². The van der Waals surface area contributed by atoms with E-state index in [-0.39, 0.29) is 5.91 Å². The molecule has 1 amide bonds. The number of carbonyl (C=O) groups is 1. The van der Waals surface area contributed by atoms with Gasteiger partial charge in [-0.2, -0.15) is 4.99 Å². The molecule has 0 saturated carbocycles. The van der Waals surface area contributed by atoms with Crippen molar-refractivity contribution in [3.63, 3.8) is 0 Å². The number of benzene rings is 3. The fourth-order valence-corrected chi connectivity index (χ4v) is 5.01. The van der Waals surface area contributed by atoms with Gasteiger partial charge < -0.3 is 14.5 Å². The fourth-order valence-electron chi connectivity index (χ4n) is 3.92. The molecule has 0 bridgehead atoms. The van der Waals surface area contributed by atoms with E-state index in [2.05, 4.69) is 39.1 Å². The number of thioether (sulfide) groups is 1. The van der Waals surface area contributed by atoms with E-state index in [9.17, 15) is 4.79 Å². The second-order valence-corrected chi connectivity index (χ2v) is 9.55. The molecule has 2 aliphatic rings. The number of rotatable bonds is 5. The number of nitrogens with zero attached hydrogens (tertiary/aromatic N) is 3. The zero-order chi connectivity index (χ0) is 23.3. The molecule has 7 heteroatoms. The molecule has 0 aromatic heterocycles. The Morgan fingerprint density at radius 2 is 1.65 bits per heavy atom. The zero-order valence-corrected chi connectivity index (χ0v) is 20.1. The molecule has 0 atom stereocenters. The van der Waals surface area contributed by atoms with Crippen molar-refractivity contribution in [1.29, 1.82) is 0 Å². The summed E-state index contributed by atoms with van der Waals surface area (Å²) in [4.78, 5) is 22.1. The monoisotopic (exact) mass is 489 g/mol. The van der Waals surface area contributed by atoms with Crippen LogP contribution in [0.5, 0.6) is 5.75 Å². The molecule has 172 valence electrons. The quantitative estimate of drug-likeness (QED) is 0.429. The minimum absolute atomic E-state index is 0.182. The molecule has 2 aliphatic heterocycles. The molecule has 1 fully saturated rings. The number of para-hydroxylation sites is 1. The lowest BCUT2D eigenvalue weighted by molar-refractivity contribution is -0.113. The topological polar surface area (TPSA) is 45.1 Å². The van der Waals surface area contributed by atoms with Gasteiger partial charge >= 0.3 is 0 Å². The van der Waals surface area contributed by atoms with Gasteiger partial charge in [0.05, 0.1) is 4.91 Å². The SMILES string of the molecule is O=C1N=C(N2CCN(c3ccccc3)CC2)S/C1=C\c1cccc(OCc2ccc(Cl)cc2)c1. The van der Waals surface area contributed by atoms with Gasteiger partial charge in [-0.05, 0) is 65.4 Å². The van der Waals surface area contributed by atoms with E-state index in [0.29, 0.717) is 16.5 Å². The molecule has 0 unspecified atom stereocenters. The van der Waals surface area contributed by atoms with Gasteiger partial charge in [0.15, 0.2) is 5.17 Å². The van der Waals surface area contributed by atoms with E-state index in [1.165, 1.54) is 17.4 Å². The highest BCUT2D eigenvalue weighted by atomic mass is 35.5. The van der Waals surface area contributed by atoms with Crippen LogP contribution in [0.2, 0.25) is 5.02 Å². The predicted molar refractivity (Wildman–Crippen MR) is 140 cm³/mol. The molecule has 0 N–H and O–H groups in total. The van der Waals surface area contributed by atoms with Crippen LogP contribution >= 0.6 is 23.4 Å². The lowest BCUT2D eigenvalue weighted by Crippen LogP contribution is -2.47. The average Bonchev–Trinajstić information content (AvgIpc) is 3.24. The summed E-state index contributed by atoms with van der Waals surface area (Å²) in [5, 5.41) is 1.50. The van der Waals surface area contributed by atoms with Gasteiger partial charge in [-0.25, -0.2) is 0 Å². The van der Waals surface area contributed by atoms with Gasteiger partial charge in [0, 0.05) is 36.9 Å². The average molecular weight is 490 g/mol. The third-order valence-electron chi connectivity index (χ3n) is 5.76. The maximum Gasteiger partial charge on any atom is 0.286 e. The lowest BCUT2D eigenvalue weighted by atomic mass is 10.2. The lowest BCUT2D eigenvalue weighted by Gasteiger charge is -2.36. The number of carbonyl (C=O) groups excluding carboxylic acids is 1. The second-order valence-electron chi connectivity index (χ2n) is 8.11. The van der Waals surface area contributed by atoms with E-state index in [1.807, 2.05) is 60.7 Å². The summed E-state index contributed by atoms with van der Waals surface area (Å²) in [6.45, 7) is 3.95. The van der Waals surface area contributed by atoms with Crippen molar-refractivity contribution < 1.29 is 9.53 Å². The van der Waals surface area contributed by atoms with Gasteiger partial charge in [0.2, 0.25) is 0 Å². The highest BCUT2D eigenvalue weighted by molar-refractivity contribution is 8.18. The predicted octanol–water partition coefficient (Wildman–Crippen LogP) is 5.71. The summed E-state index contributed by atoms with van der Waals surface area (Å²) >= 11 is 7.39. The summed E-state index contributed by atoms with van der Waals surface area (Å²) in [5.74, 6) is 0.566. The first-order valence-corrected chi connectivity index (χ1v) is 12.4. The molecule has 3 aromatic rings. The molecule has 5 rings (SSSR count). The number of aliphatic imine (C=N–C) groups is 1. The minimum Gasteiger partial charge on any atom is -0.489 e. The van der Waals surface area contributed by atoms with E-state index in [4.69, 9.17) is 16.3 Å². The Kier molecular flexibility index (Phi) is 6.88. The van der Waals surface area contributed by atoms with Crippen molar-refractivity contribution in [2.45, 2.75) is 6.61 Å². The third kappa shape index (κ3) is 5.46. The number of amides is 1. The molecular formula is C27H24ClN3O2S. The van der Waals surface area contributed by atoms with Crippen LogP contribution in [0.25, 0.3) is 6.08 Å². The fraction of sp³-hybridized carbons (Fsp3) is 0.185. The minimum atomic E-state index is -0.182. The molecule has 5 nitrogen and oxygen atoms in total. The normalized spacial score (nSPS) is 17.3. The maximum atomic E-state index is 12.6. The van der Waals surface area contributed by atoms with E-state index in [1.54, 1.807) is 0 Å². The number of hydrogen-bond acceptors (Lipinski definition) is 5. The largest absolute Gasteiger partial charge is 0.489 e. The molecule has 34 heavy (non-hydrogen) atoms. The maximum absolute atomic E-state index is 12.6. The number of ether oxygens (including phenoxy) is 1. The molecule has 1 saturated heterocycles. The zero-order valence-electron chi connectivity index (χ0n) is 18.6. The van der Waals surface area contributed by atoms with Gasteiger partial charge in [-0.15, -0.1) is 0 Å². The van der Waals surface area contributed by atoms with Crippen molar-refractivity contribution in [2.24, 2.45) is 4.99 Å². The van der Waals surface area contributed by atoms with E-state index in [0.717, 1.165) is 48.2 Å². The number of hydrogen-bond donors (Lipinski definition) is 0.